The van der Waals surface area contributed by atoms with Crippen LogP contribution >= 0.6 is 0 Å². The molecule has 0 aromatic heterocycles. The Balaban J connectivity index is 3.52. The molecule has 37 heavy (non-hydrogen) atoms. The maximum absolute atomic E-state index is 13.6. The van der Waals surface area contributed by atoms with Crippen molar-refractivity contribution in [2.24, 2.45) is 11.8 Å². The van der Waals surface area contributed by atoms with Gasteiger partial charge in [-0.2, -0.15) is 0 Å². The third-order valence-corrected chi connectivity index (χ3v) is 6.72. The molecule has 1 rings (SSSR count). The quantitative estimate of drug-likeness (QED) is 0.0654. The molecule has 2 atom stereocenters. The minimum Gasteiger partial charge on any atom is -0.462 e. The van der Waals surface area contributed by atoms with Crippen LogP contribution in [0.3, 0.4) is 0 Å². The van der Waals surface area contributed by atoms with Crippen molar-refractivity contribution in [1.29, 1.82) is 0 Å². The summed E-state index contributed by atoms with van der Waals surface area (Å²) < 4.78 is 11.6. The maximum atomic E-state index is 13.6. The Morgan fingerprint density at radius 2 is 1.38 bits per heavy atom. The molecule has 1 aromatic carbocycles. The van der Waals surface area contributed by atoms with Gasteiger partial charge >= 0.3 is 11.9 Å². The van der Waals surface area contributed by atoms with Crippen LogP contribution in [0.2, 0.25) is 0 Å². The van der Waals surface area contributed by atoms with Gasteiger partial charge in [-0.1, -0.05) is 127 Å². The standard InChI is InChI=1S/C33H48O4/c1-7-13-19-26(10-4)24-36-32(34)31(33(35)37-25-27(11-5)20-14-8-2)30(28(12-6)21-15-9-3)29-22-17-16-18-23-29/h9,12,15-18,21-23,26-27H,3,7-8,10-11,13-14,19-20,24-25H2,1-2,4-6H3/b21-15-,28-12+,31-30?. The van der Waals surface area contributed by atoms with Gasteiger partial charge in [0.05, 0.1) is 13.2 Å². The Bertz CT molecular complexity index is 874. The molecule has 0 heterocycles. The number of hydrogen-bond donors (Lipinski definition) is 0. The summed E-state index contributed by atoms with van der Waals surface area (Å²) in [6.07, 6.45) is 15.4. The molecule has 0 spiro atoms. The molecular weight excluding hydrogens is 460 g/mol. The highest BCUT2D eigenvalue weighted by Crippen LogP contribution is 2.30. The molecule has 0 fully saturated rings. The van der Waals surface area contributed by atoms with Gasteiger partial charge in [0.25, 0.3) is 0 Å². The van der Waals surface area contributed by atoms with E-state index in [-0.39, 0.29) is 30.6 Å². The number of rotatable bonds is 18. The lowest BCUT2D eigenvalue weighted by Crippen LogP contribution is -2.24. The number of carbonyl (C=O) groups is 2. The predicted octanol–water partition coefficient (Wildman–Crippen LogP) is 8.65. The lowest BCUT2D eigenvalue weighted by atomic mass is 9.91. The van der Waals surface area contributed by atoms with Crippen LogP contribution < -0.4 is 0 Å². The minimum atomic E-state index is -0.633. The van der Waals surface area contributed by atoms with Crippen LogP contribution in [-0.4, -0.2) is 25.2 Å². The summed E-state index contributed by atoms with van der Waals surface area (Å²) in [5.41, 5.74) is 1.94. The molecule has 4 nitrogen and oxygen atoms in total. The van der Waals surface area contributed by atoms with Crippen molar-refractivity contribution >= 4 is 17.5 Å². The summed E-state index contributed by atoms with van der Waals surface area (Å²) in [5, 5.41) is 0. The van der Waals surface area contributed by atoms with Crippen molar-refractivity contribution in [2.75, 3.05) is 13.2 Å². The largest absolute Gasteiger partial charge is 0.462 e. The first-order chi connectivity index (χ1) is 18.0. The molecule has 204 valence electrons. The normalized spacial score (nSPS) is 13.2. The fourth-order valence-electron chi connectivity index (χ4n) is 4.17. The molecule has 4 heteroatoms. The number of benzene rings is 1. The number of allylic oxidation sites excluding steroid dienone is 6. The maximum Gasteiger partial charge on any atom is 0.346 e. The van der Waals surface area contributed by atoms with Crippen LogP contribution in [0, 0.1) is 11.8 Å². The number of hydrogen-bond acceptors (Lipinski definition) is 4. The first-order valence-corrected chi connectivity index (χ1v) is 14.1. The summed E-state index contributed by atoms with van der Waals surface area (Å²) in [7, 11) is 0. The smallest absolute Gasteiger partial charge is 0.346 e. The fourth-order valence-corrected chi connectivity index (χ4v) is 4.17. The molecule has 0 radical (unpaired) electrons. The van der Waals surface area contributed by atoms with Gasteiger partial charge in [-0.05, 0) is 42.7 Å². The monoisotopic (exact) mass is 508 g/mol. The Morgan fingerprint density at radius 3 is 1.78 bits per heavy atom. The second kappa shape index (κ2) is 19.3. The van der Waals surface area contributed by atoms with Gasteiger partial charge in [-0.3, -0.25) is 0 Å². The van der Waals surface area contributed by atoms with Crippen molar-refractivity contribution < 1.29 is 19.1 Å². The molecule has 2 unspecified atom stereocenters. The number of ether oxygens (including phenoxy) is 2. The molecule has 0 N–H and O–H groups in total. The van der Waals surface area contributed by atoms with Gasteiger partial charge in [0.15, 0.2) is 5.57 Å². The van der Waals surface area contributed by atoms with Gasteiger partial charge in [0.2, 0.25) is 0 Å². The lowest BCUT2D eigenvalue weighted by molar-refractivity contribution is -0.148. The molecule has 0 aliphatic carbocycles. The number of esters is 2. The highest BCUT2D eigenvalue weighted by atomic mass is 16.6. The van der Waals surface area contributed by atoms with Crippen LogP contribution in [0.4, 0.5) is 0 Å². The third-order valence-electron chi connectivity index (χ3n) is 6.72. The van der Waals surface area contributed by atoms with Crippen molar-refractivity contribution in [3.05, 3.63) is 77.9 Å². The molecule has 0 aliphatic heterocycles. The van der Waals surface area contributed by atoms with Gasteiger partial charge < -0.3 is 9.47 Å². The van der Waals surface area contributed by atoms with Crippen molar-refractivity contribution in [3.8, 4) is 0 Å². The van der Waals surface area contributed by atoms with E-state index in [1.54, 1.807) is 12.2 Å². The van der Waals surface area contributed by atoms with Gasteiger partial charge in [0, 0.05) is 5.57 Å². The van der Waals surface area contributed by atoms with Crippen molar-refractivity contribution in [3.63, 3.8) is 0 Å². The van der Waals surface area contributed by atoms with E-state index in [9.17, 15) is 9.59 Å². The van der Waals surface area contributed by atoms with Crippen molar-refractivity contribution in [1.82, 2.24) is 0 Å². The summed E-state index contributed by atoms with van der Waals surface area (Å²) in [4.78, 5) is 27.2. The highest BCUT2D eigenvalue weighted by molar-refractivity contribution is 6.22. The predicted molar refractivity (Wildman–Crippen MR) is 155 cm³/mol. The Hall–Kier alpha value is -2.88. The molecule has 0 amide bonds. The third kappa shape index (κ3) is 11.4. The zero-order valence-electron chi connectivity index (χ0n) is 23.8. The van der Waals surface area contributed by atoms with E-state index < -0.39 is 11.9 Å². The van der Waals surface area contributed by atoms with E-state index in [4.69, 9.17) is 9.47 Å². The first-order valence-electron chi connectivity index (χ1n) is 14.1. The zero-order valence-corrected chi connectivity index (χ0v) is 23.8. The summed E-state index contributed by atoms with van der Waals surface area (Å²) >= 11 is 0. The zero-order chi connectivity index (χ0) is 27.5. The van der Waals surface area contributed by atoms with Gasteiger partial charge in [-0.15, -0.1) is 0 Å². The molecule has 0 bridgehead atoms. The molecule has 0 aliphatic rings. The molecule has 0 saturated heterocycles. The molecular formula is C33H48O4. The van der Waals surface area contributed by atoms with E-state index in [2.05, 4.69) is 34.3 Å². The van der Waals surface area contributed by atoms with E-state index >= 15 is 0 Å². The van der Waals surface area contributed by atoms with Gasteiger partial charge in [-0.25, -0.2) is 9.59 Å². The van der Waals surface area contributed by atoms with Crippen LogP contribution in [-0.2, 0) is 19.1 Å². The lowest BCUT2D eigenvalue weighted by Gasteiger charge is -2.20. The minimum absolute atomic E-state index is 0.0521. The topological polar surface area (TPSA) is 52.6 Å². The van der Waals surface area contributed by atoms with Crippen molar-refractivity contribution in [2.45, 2.75) is 86.0 Å². The second-order valence-electron chi connectivity index (χ2n) is 9.48. The summed E-state index contributed by atoms with van der Waals surface area (Å²) in [5.74, 6) is -0.734. The molecule has 0 saturated carbocycles. The van der Waals surface area contributed by atoms with Crippen LogP contribution in [0.1, 0.15) is 91.5 Å². The Morgan fingerprint density at radius 1 is 0.865 bits per heavy atom. The Kier molecular flexibility index (Phi) is 16.7. The number of unbranched alkanes of at least 4 members (excludes halogenated alkanes) is 2. The highest BCUT2D eigenvalue weighted by Gasteiger charge is 2.29. The first kappa shape index (κ1) is 32.1. The van der Waals surface area contributed by atoms with Gasteiger partial charge in [0.1, 0.15) is 0 Å². The van der Waals surface area contributed by atoms with E-state index in [0.717, 1.165) is 62.5 Å². The molecule has 1 aromatic rings. The van der Waals surface area contributed by atoms with Crippen LogP contribution in [0.5, 0.6) is 0 Å². The summed E-state index contributed by atoms with van der Waals surface area (Å²) in [6.45, 7) is 14.7. The average molecular weight is 509 g/mol. The van der Waals surface area contributed by atoms with Crippen LogP contribution in [0.25, 0.3) is 5.57 Å². The van der Waals surface area contributed by atoms with E-state index in [1.807, 2.05) is 49.4 Å². The average Bonchev–Trinajstić information content (AvgIpc) is 2.93. The SMILES string of the molecule is C=C/C=C\C(=C/C)C(=C(C(=O)OCC(CC)CCCC)C(=O)OCC(CC)CCCC)c1ccccc1. The fraction of sp³-hybridized carbons (Fsp3) is 0.515. The number of carbonyl (C=O) groups excluding carboxylic acids is 2. The second-order valence-corrected chi connectivity index (χ2v) is 9.48. The van der Waals surface area contributed by atoms with Crippen LogP contribution in [0.15, 0.2) is 72.4 Å². The van der Waals surface area contributed by atoms with E-state index in [0.29, 0.717) is 5.57 Å². The van der Waals surface area contributed by atoms with E-state index in [1.165, 1.54) is 0 Å². The Labute approximate surface area is 225 Å². The summed E-state index contributed by atoms with van der Waals surface area (Å²) in [6, 6.07) is 9.49.